The van der Waals surface area contributed by atoms with E-state index in [0.717, 1.165) is 51.9 Å². The van der Waals surface area contributed by atoms with Gasteiger partial charge >= 0.3 is 0 Å². The molecule has 0 aromatic heterocycles. The average molecular weight is 994 g/mol. The van der Waals surface area contributed by atoms with Crippen LogP contribution in [0.4, 0.5) is 8.78 Å². The van der Waals surface area contributed by atoms with Crippen molar-refractivity contribution >= 4 is 0 Å². The molecule has 8 atom stereocenters. The van der Waals surface area contributed by atoms with Gasteiger partial charge in [0.25, 0.3) is 0 Å². The molecule has 8 rings (SSSR count). The fraction of sp³-hybridized carbons (Fsp3) is 0.625. The summed E-state index contributed by atoms with van der Waals surface area (Å²) in [5.74, 6) is 1.42. The fourth-order valence-corrected chi connectivity index (χ4v) is 11.9. The number of aliphatic hydroxyl groups is 2. The van der Waals surface area contributed by atoms with E-state index in [1.54, 1.807) is 6.92 Å². The van der Waals surface area contributed by atoms with Crippen LogP contribution in [0.5, 0.6) is 0 Å². The first-order valence-electron chi connectivity index (χ1n) is 28.7. The SMILES string of the molecule is C[C@H](C(F)C1CCCCC1)N(Cc1ccccc1)Cc1ccccc1.C[C@H](N)C(F)C1CCCCC1.C[C@H](N)[C@H](O)C1CCCCC1.C[C@H]([C@H](O)C1CCCCC1)N(Cc1ccccc1)Cc1ccccc1. The lowest BCUT2D eigenvalue weighted by Crippen LogP contribution is -2.44. The lowest BCUT2D eigenvalue weighted by Gasteiger charge is -2.37. The third-order valence-corrected chi connectivity index (χ3v) is 16.5. The Hall–Kier alpha value is -3.50. The molecule has 8 heteroatoms. The van der Waals surface area contributed by atoms with E-state index in [0.29, 0.717) is 11.8 Å². The maximum atomic E-state index is 15.3. The van der Waals surface area contributed by atoms with Crippen molar-refractivity contribution in [2.45, 2.75) is 231 Å². The molecule has 0 aliphatic heterocycles. The van der Waals surface area contributed by atoms with Crippen molar-refractivity contribution < 1.29 is 19.0 Å². The maximum absolute atomic E-state index is 15.3. The van der Waals surface area contributed by atoms with Crippen molar-refractivity contribution in [2.75, 3.05) is 0 Å². The molecule has 0 saturated heterocycles. The Bertz CT molecular complexity index is 1700. The number of alkyl halides is 2. The first-order valence-corrected chi connectivity index (χ1v) is 28.7. The van der Waals surface area contributed by atoms with E-state index in [1.165, 1.54) is 125 Å². The van der Waals surface area contributed by atoms with Gasteiger partial charge in [0.2, 0.25) is 0 Å². The van der Waals surface area contributed by atoms with E-state index in [4.69, 9.17) is 11.5 Å². The molecule has 0 heterocycles. The van der Waals surface area contributed by atoms with Crippen molar-refractivity contribution in [3.63, 3.8) is 0 Å². The van der Waals surface area contributed by atoms with Crippen LogP contribution in [0.15, 0.2) is 121 Å². The minimum absolute atomic E-state index is 0.0573. The zero-order chi connectivity index (χ0) is 51.5. The number of rotatable bonds is 18. The molecule has 72 heavy (non-hydrogen) atoms. The van der Waals surface area contributed by atoms with Gasteiger partial charge in [-0.1, -0.05) is 198 Å². The second kappa shape index (κ2) is 33.4. The standard InChI is InChI=1S/C23H30FN.C23H31NO.C9H18FN.C9H19NO/c1-19(23(24)22-15-9-4-10-16-22)25(17-20-11-5-2-6-12-20)18-21-13-7-3-8-14-21;1-19(23(25)22-15-9-4-10-16-22)24(17-20-11-5-2-6-12-20)18-21-13-7-3-8-14-21;1-7(11)9(10)8-5-3-2-4-6-8;1-7(10)9(11)8-5-3-2-4-6-8/h2-3,5-8,11-14,19,22-23H,4,9-10,15-18H2,1H3;2-3,5-8,11-14,19,22-23,25H,4,9-10,15-18H2,1H3;7-9H,2-6,11H2,1H3;7-9,11H,2-6,10H2,1H3/t19-,23?;19-,23+;7-,9?;7-,9-/m1100/s1. The Balaban J connectivity index is 0.000000191. The molecule has 4 fully saturated rings. The van der Waals surface area contributed by atoms with E-state index in [1.807, 2.05) is 19.1 Å². The number of nitrogens with two attached hydrogens (primary N) is 2. The maximum Gasteiger partial charge on any atom is 0.118 e. The molecule has 0 radical (unpaired) electrons. The highest BCUT2D eigenvalue weighted by atomic mass is 19.1. The van der Waals surface area contributed by atoms with E-state index < -0.39 is 12.3 Å². The highest BCUT2D eigenvalue weighted by Crippen LogP contribution is 2.33. The molecule has 0 spiro atoms. The minimum atomic E-state index is -0.768. The first kappa shape index (κ1) is 59.4. The van der Waals surface area contributed by atoms with E-state index in [2.05, 4.69) is 133 Å². The third-order valence-electron chi connectivity index (χ3n) is 16.5. The number of hydrogen-bond donors (Lipinski definition) is 4. The summed E-state index contributed by atoms with van der Waals surface area (Å²) in [6, 6.07) is 41.8. The van der Waals surface area contributed by atoms with Crippen molar-refractivity contribution in [3.05, 3.63) is 144 Å². The molecular formula is C64H98F2N4O2. The molecule has 4 aromatic carbocycles. The summed E-state index contributed by atoms with van der Waals surface area (Å²) in [6.07, 6.45) is 21.9. The number of aliphatic hydroxyl groups excluding tert-OH is 2. The quantitative estimate of drug-likeness (QED) is 0.0793. The van der Waals surface area contributed by atoms with E-state index in [-0.39, 0.29) is 48.2 Å². The zero-order valence-corrected chi connectivity index (χ0v) is 45.1. The van der Waals surface area contributed by atoms with Crippen LogP contribution in [0.1, 0.15) is 178 Å². The van der Waals surface area contributed by atoms with Crippen LogP contribution in [0.25, 0.3) is 0 Å². The molecule has 0 bridgehead atoms. The van der Waals surface area contributed by atoms with Gasteiger partial charge in [-0.05, 0) is 125 Å². The molecule has 400 valence electrons. The lowest BCUT2D eigenvalue weighted by molar-refractivity contribution is -0.000859. The number of benzene rings is 4. The highest BCUT2D eigenvalue weighted by molar-refractivity contribution is 5.19. The van der Waals surface area contributed by atoms with Crippen molar-refractivity contribution in [1.29, 1.82) is 0 Å². The van der Waals surface area contributed by atoms with E-state index in [9.17, 15) is 14.6 Å². The van der Waals surface area contributed by atoms with E-state index >= 15 is 4.39 Å². The summed E-state index contributed by atoms with van der Waals surface area (Å²) < 4.78 is 28.6. The molecule has 0 amide bonds. The van der Waals surface area contributed by atoms with Gasteiger partial charge in [0, 0.05) is 50.3 Å². The smallest absolute Gasteiger partial charge is 0.118 e. The van der Waals surface area contributed by atoms with Gasteiger partial charge < -0.3 is 21.7 Å². The van der Waals surface area contributed by atoms with Crippen LogP contribution in [0.3, 0.4) is 0 Å². The Morgan fingerprint density at radius 1 is 0.375 bits per heavy atom. The first-order chi connectivity index (χ1) is 34.9. The Morgan fingerprint density at radius 2 is 0.639 bits per heavy atom. The molecular weight excluding hydrogens is 895 g/mol. The topological polar surface area (TPSA) is 99.0 Å². The van der Waals surface area contributed by atoms with Crippen LogP contribution in [-0.4, -0.2) is 68.7 Å². The van der Waals surface area contributed by atoms with Gasteiger partial charge in [0.15, 0.2) is 0 Å². The van der Waals surface area contributed by atoms with Crippen LogP contribution in [0, 0.1) is 23.7 Å². The molecule has 4 aliphatic rings. The van der Waals surface area contributed by atoms with Gasteiger partial charge in [-0.15, -0.1) is 0 Å². The molecule has 4 saturated carbocycles. The van der Waals surface area contributed by atoms with Crippen LogP contribution in [-0.2, 0) is 26.2 Å². The molecule has 2 unspecified atom stereocenters. The summed E-state index contributed by atoms with van der Waals surface area (Å²) >= 11 is 0. The zero-order valence-electron chi connectivity index (χ0n) is 45.1. The average Bonchev–Trinajstić information content (AvgIpc) is 3.44. The van der Waals surface area contributed by atoms with Crippen molar-refractivity contribution in [3.8, 4) is 0 Å². The summed E-state index contributed by atoms with van der Waals surface area (Å²) in [7, 11) is 0. The van der Waals surface area contributed by atoms with Gasteiger partial charge in [0.1, 0.15) is 12.3 Å². The monoisotopic (exact) mass is 993 g/mol. The van der Waals surface area contributed by atoms with Gasteiger partial charge in [-0.2, -0.15) is 0 Å². The summed E-state index contributed by atoms with van der Waals surface area (Å²) in [4.78, 5) is 4.74. The minimum Gasteiger partial charge on any atom is -0.391 e. The molecule has 4 aromatic rings. The van der Waals surface area contributed by atoms with Crippen LogP contribution >= 0.6 is 0 Å². The van der Waals surface area contributed by atoms with Gasteiger partial charge in [-0.25, -0.2) is 8.78 Å². The second-order valence-corrected chi connectivity index (χ2v) is 22.4. The van der Waals surface area contributed by atoms with Crippen LogP contribution in [0.2, 0.25) is 0 Å². The Kier molecular flexibility index (Phi) is 27.6. The molecule has 4 aliphatic carbocycles. The summed E-state index contributed by atoms with van der Waals surface area (Å²) in [5.41, 5.74) is 16.2. The third kappa shape index (κ3) is 21.0. The second-order valence-electron chi connectivity index (χ2n) is 22.4. The van der Waals surface area contributed by atoms with Gasteiger partial charge in [0.05, 0.1) is 12.2 Å². The highest BCUT2D eigenvalue weighted by Gasteiger charge is 2.33. The van der Waals surface area contributed by atoms with Crippen LogP contribution < -0.4 is 11.5 Å². The van der Waals surface area contributed by atoms with Gasteiger partial charge in [-0.3, -0.25) is 9.80 Å². The lowest BCUT2D eigenvalue weighted by atomic mass is 9.82. The normalized spacial score (nSPS) is 20.7. The van der Waals surface area contributed by atoms with Crippen molar-refractivity contribution in [2.24, 2.45) is 35.1 Å². The Morgan fingerprint density at radius 3 is 0.931 bits per heavy atom. The number of hydrogen-bond acceptors (Lipinski definition) is 6. The number of halogens is 2. The largest absolute Gasteiger partial charge is 0.391 e. The molecule has 6 nitrogen and oxygen atoms in total. The Labute approximate surface area is 436 Å². The predicted molar refractivity (Wildman–Crippen MR) is 299 cm³/mol. The number of nitrogens with zero attached hydrogens (tertiary/aromatic N) is 2. The fourth-order valence-electron chi connectivity index (χ4n) is 11.9. The molecule has 6 N–H and O–H groups in total. The summed E-state index contributed by atoms with van der Waals surface area (Å²) in [5, 5.41) is 20.7. The predicted octanol–water partition coefficient (Wildman–Crippen LogP) is 14.5. The van der Waals surface area contributed by atoms with Crippen molar-refractivity contribution in [1.82, 2.24) is 9.80 Å². The summed E-state index contributed by atoms with van der Waals surface area (Å²) in [6.45, 7) is 11.3.